The number of hydrogen-bond acceptors (Lipinski definition) is 3. The van der Waals surface area contributed by atoms with E-state index < -0.39 is 17.9 Å². The third-order valence-electron chi connectivity index (χ3n) is 7.48. The van der Waals surface area contributed by atoms with Crippen LogP contribution in [0.5, 0.6) is 0 Å². The van der Waals surface area contributed by atoms with Crippen LogP contribution in [0.25, 0.3) is 0 Å². The monoisotopic (exact) mass is 643 g/mol. The van der Waals surface area contributed by atoms with Crippen LogP contribution >= 0.6 is 0 Å². The molecule has 0 rings (SSSR count). The molecule has 43 heavy (non-hydrogen) atoms. The van der Waals surface area contributed by atoms with E-state index in [1.54, 1.807) is 0 Å². The van der Waals surface area contributed by atoms with Gasteiger partial charge in [0.05, 0.1) is 0 Å². The van der Waals surface area contributed by atoms with Crippen LogP contribution in [0, 0.1) is 0 Å². The molecule has 0 aromatic carbocycles. The van der Waals surface area contributed by atoms with Crippen molar-refractivity contribution in [2.45, 2.75) is 213 Å². The quantitative estimate of drug-likeness (QED) is 0.0531. The molecule has 7 heteroatoms. The Morgan fingerprint density at radius 1 is 0.302 bits per heavy atom. The summed E-state index contributed by atoms with van der Waals surface area (Å²) >= 11 is 0. The molecule has 256 valence electrons. The molecule has 0 saturated heterocycles. The summed E-state index contributed by atoms with van der Waals surface area (Å²) < 4.78 is 0. The van der Waals surface area contributed by atoms with Crippen molar-refractivity contribution in [1.82, 2.24) is 0 Å². The van der Waals surface area contributed by atoms with Gasteiger partial charge in [-0.05, 0) is 19.3 Å². The van der Waals surface area contributed by atoms with Crippen molar-refractivity contribution in [2.75, 3.05) is 0 Å². The zero-order valence-electron chi connectivity index (χ0n) is 28.3. The molecule has 0 aliphatic carbocycles. The number of hydrogen-bond donors (Lipinski definition) is 3. The minimum absolute atomic E-state index is 0. The molecule has 0 aromatic heterocycles. The average molecular weight is 643 g/mol. The first-order chi connectivity index (χ1) is 20.3. The van der Waals surface area contributed by atoms with Crippen LogP contribution in [0.4, 0.5) is 0 Å². The molecule has 0 radical (unpaired) electrons. The van der Waals surface area contributed by atoms with E-state index in [2.05, 4.69) is 20.8 Å². The van der Waals surface area contributed by atoms with Gasteiger partial charge in [0.15, 0.2) is 0 Å². The summed E-state index contributed by atoms with van der Waals surface area (Å²) in [5, 5.41) is 25.2. The molecule has 0 atom stereocenters. The van der Waals surface area contributed by atoms with E-state index in [4.69, 9.17) is 15.3 Å². The Labute approximate surface area is 297 Å². The standard InChI is InChI=1S/3C12H24O2.Ca.2H/c3*1-2-3-4-5-6-7-8-9-10-11-12(13)14;;;/h3*2-11H2,1H3,(H,13,14);;;. The minimum atomic E-state index is -0.659. The predicted octanol–water partition coefficient (Wildman–Crippen LogP) is 11.1. The second kappa shape index (κ2) is 46.1. The van der Waals surface area contributed by atoms with Gasteiger partial charge in [0.1, 0.15) is 0 Å². The maximum absolute atomic E-state index is 10.2. The van der Waals surface area contributed by atoms with E-state index in [9.17, 15) is 14.4 Å². The first-order valence-electron chi connectivity index (χ1n) is 18.0. The summed E-state index contributed by atoms with van der Waals surface area (Å²) in [6.07, 6.45) is 34.4. The summed E-state index contributed by atoms with van der Waals surface area (Å²) in [6.45, 7) is 6.68. The number of rotatable bonds is 30. The van der Waals surface area contributed by atoms with Crippen LogP contribution in [-0.4, -0.2) is 71.0 Å². The van der Waals surface area contributed by atoms with E-state index in [-0.39, 0.29) is 37.7 Å². The number of carbonyl (C=O) groups is 3. The molecule has 0 aromatic rings. The SMILES string of the molecule is CCCCCCCCCCCC(=O)O.CCCCCCCCCCCC(=O)O.CCCCCCCCCCCC(=O)O.[CaH2]. The molecule has 3 N–H and O–H groups in total. The van der Waals surface area contributed by atoms with Crippen molar-refractivity contribution in [1.29, 1.82) is 0 Å². The molecule has 0 fully saturated rings. The Kier molecular flexibility index (Phi) is 53.1. The Morgan fingerprint density at radius 3 is 0.581 bits per heavy atom. The van der Waals surface area contributed by atoms with Crippen LogP contribution in [0.2, 0.25) is 0 Å². The summed E-state index contributed by atoms with van der Waals surface area (Å²) in [6, 6.07) is 0. The molecular formula is C36H74CaO6. The second-order valence-corrected chi connectivity index (χ2v) is 11.9. The van der Waals surface area contributed by atoms with Gasteiger partial charge in [0.25, 0.3) is 0 Å². The van der Waals surface area contributed by atoms with Crippen LogP contribution in [0.1, 0.15) is 213 Å². The molecule has 0 aliphatic heterocycles. The molecule has 0 aliphatic rings. The van der Waals surface area contributed by atoms with Gasteiger partial charge in [-0.1, -0.05) is 175 Å². The van der Waals surface area contributed by atoms with Crippen LogP contribution in [0.3, 0.4) is 0 Å². The van der Waals surface area contributed by atoms with E-state index in [1.165, 1.54) is 135 Å². The van der Waals surface area contributed by atoms with Gasteiger partial charge in [-0.2, -0.15) is 0 Å². The first kappa shape index (κ1) is 49.5. The van der Waals surface area contributed by atoms with E-state index in [0.29, 0.717) is 19.3 Å². The molecule has 6 nitrogen and oxygen atoms in total. The van der Waals surface area contributed by atoms with Crippen molar-refractivity contribution >= 4 is 55.6 Å². The predicted molar refractivity (Wildman–Crippen MR) is 187 cm³/mol. The normalized spacial score (nSPS) is 10.1. The molecule has 0 bridgehead atoms. The molecule has 0 heterocycles. The van der Waals surface area contributed by atoms with Gasteiger partial charge in [-0.25, -0.2) is 0 Å². The Bertz CT molecular complexity index is 480. The fourth-order valence-electron chi connectivity index (χ4n) is 4.76. The van der Waals surface area contributed by atoms with Gasteiger partial charge in [0.2, 0.25) is 0 Å². The van der Waals surface area contributed by atoms with Crippen LogP contribution in [0.15, 0.2) is 0 Å². The van der Waals surface area contributed by atoms with E-state index in [1.807, 2.05) is 0 Å². The summed E-state index contributed by atoms with van der Waals surface area (Å²) in [7, 11) is 0. The number of carboxylic acids is 3. The maximum atomic E-state index is 10.2. The van der Waals surface area contributed by atoms with Crippen LogP contribution in [-0.2, 0) is 14.4 Å². The third-order valence-corrected chi connectivity index (χ3v) is 7.48. The average Bonchev–Trinajstić information content (AvgIpc) is 2.95. The zero-order valence-corrected chi connectivity index (χ0v) is 28.3. The Balaban J connectivity index is -0.000000262. The van der Waals surface area contributed by atoms with Crippen molar-refractivity contribution in [3.05, 3.63) is 0 Å². The Hall–Kier alpha value is -0.330. The van der Waals surface area contributed by atoms with Gasteiger partial charge < -0.3 is 15.3 Å². The van der Waals surface area contributed by atoms with E-state index >= 15 is 0 Å². The summed E-state index contributed by atoms with van der Waals surface area (Å²) in [5.41, 5.74) is 0. The molecule has 0 saturated carbocycles. The first-order valence-corrected chi connectivity index (χ1v) is 18.0. The fraction of sp³-hybridized carbons (Fsp3) is 0.917. The van der Waals surface area contributed by atoms with Gasteiger partial charge in [-0.3, -0.25) is 14.4 Å². The van der Waals surface area contributed by atoms with Crippen LogP contribution < -0.4 is 0 Å². The van der Waals surface area contributed by atoms with Gasteiger partial charge >= 0.3 is 55.6 Å². The summed E-state index contributed by atoms with van der Waals surface area (Å²) in [4.78, 5) is 30.6. The number of carboxylic acid groups (broad SMARTS) is 3. The van der Waals surface area contributed by atoms with Crippen molar-refractivity contribution in [3.63, 3.8) is 0 Å². The van der Waals surface area contributed by atoms with Crippen molar-refractivity contribution in [2.24, 2.45) is 0 Å². The molecule has 0 spiro atoms. The summed E-state index contributed by atoms with van der Waals surface area (Å²) in [5.74, 6) is -1.98. The van der Waals surface area contributed by atoms with Gasteiger partial charge in [0, 0.05) is 19.3 Å². The molecule has 0 unspecified atom stereocenters. The van der Waals surface area contributed by atoms with E-state index in [0.717, 1.165) is 38.5 Å². The third kappa shape index (κ3) is 61.4. The van der Waals surface area contributed by atoms with Gasteiger partial charge in [-0.15, -0.1) is 0 Å². The second-order valence-electron chi connectivity index (χ2n) is 11.9. The topological polar surface area (TPSA) is 112 Å². The Morgan fingerprint density at radius 2 is 0.442 bits per heavy atom. The van der Waals surface area contributed by atoms with Crippen molar-refractivity contribution < 1.29 is 29.7 Å². The molecule has 0 amide bonds. The van der Waals surface area contributed by atoms with Crippen molar-refractivity contribution in [3.8, 4) is 0 Å². The molecular weight excluding hydrogens is 568 g/mol. The fourth-order valence-corrected chi connectivity index (χ4v) is 4.76. The number of unbranched alkanes of at least 4 members (excludes halogenated alkanes) is 24. The number of aliphatic carboxylic acids is 3. The zero-order chi connectivity index (χ0) is 31.9.